The molecule has 0 saturated carbocycles. The van der Waals surface area contributed by atoms with E-state index in [4.69, 9.17) is 4.74 Å². The maximum Gasteiger partial charge on any atom is 0.249 e. The molecular weight excluding hydrogens is 244 g/mol. The average molecular weight is 268 g/mol. The first-order valence-electron chi connectivity index (χ1n) is 7.14. The summed E-state index contributed by atoms with van der Waals surface area (Å²) in [5.74, 6) is -0.0194. The molecule has 0 aliphatic carbocycles. The number of carbonyl (C=O) groups is 2. The molecular formula is C14H24N2O3. The lowest BCUT2D eigenvalue weighted by atomic mass is 9.83. The topological polar surface area (TPSA) is 58.6 Å². The summed E-state index contributed by atoms with van der Waals surface area (Å²) in [7, 11) is 0. The van der Waals surface area contributed by atoms with Gasteiger partial charge in [-0.3, -0.25) is 9.59 Å². The van der Waals surface area contributed by atoms with Crippen LogP contribution in [-0.4, -0.2) is 47.0 Å². The van der Waals surface area contributed by atoms with Gasteiger partial charge in [0.1, 0.15) is 11.6 Å². The van der Waals surface area contributed by atoms with Crippen LogP contribution in [0.5, 0.6) is 0 Å². The van der Waals surface area contributed by atoms with Crippen LogP contribution in [-0.2, 0) is 14.3 Å². The molecule has 0 aromatic carbocycles. The fraction of sp³-hybridized carbons (Fsp3) is 0.857. The third-order valence-corrected chi connectivity index (χ3v) is 4.74. The lowest BCUT2D eigenvalue weighted by Crippen LogP contribution is -2.73. The number of nitrogens with one attached hydrogen (secondary N) is 1. The largest absolute Gasteiger partial charge is 0.379 e. The van der Waals surface area contributed by atoms with Gasteiger partial charge in [-0.05, 0) is 33.1 Å². The van der Waals surface area contributed by atoms with E-state index in [-0.39, 0.29) is 17.4 Å². The van der Waals surface area contributed by atoms with E-state index in [1.807, 2.05) is 20.8 Å². The molecule has 0 radical (unpaired) electrons. The lowest BCUT2D eigenvalue weighted by Gasteiger charge is -2.50. The molecule has 5 nitrogen and oxygen atoms in total. The minimum atomic E-state index is -0.741. The maximum absolute atomic E-state index is 12.9. The maximum atomic E-state index is 12.9. The van der Waals surface area contributed by atoms with Crippen molar-refractivity contribution >= 4 is 11.8 Å². The van der Waals surface area contributed by atoms with Crippen molar-refractivity contribution in [2.24, 2.45) is 0 Å². The summed E-state index contributed by atoms with van der Waals surface area (Å²) in [4.78, 5) is 26.9. The molecule has 2 fully saturated rings. The smallest absolute Gasteiger partial charge is 0.249 e. The van der Waals surface area contributed by atoms with Gasteiger partial charge in [-0.2, -0.15) is 0 Å². The highest BCUT2D eigenvalue weighted by molar-refractivity contribution is 6.00. The van der Waals surface area contributed by atoms with E-state index >= 15 is 0 Å². The molecule has 0 aromatic heterocycles. The minimum Gasteiger partial charge on any atom is -0.379 e. The summed E-state index contributed by atoms with van der Waals surface area (Å²) >= 11 is 0. The normalized spacial score (nSPS) is 34.5. The molecule has 19 heavy (non-hydrogen) atoms. The molecule has 2 unspecified atom stereocenters. The predicted octanol–water partition coefficient (Wildman–Crippen LogP) is 1.07. The van der Waals surface area contributed by atoms with Gasteiger partial charge in [-0.15, -0.1) is 0 Å². The SMILES string of the molecule is CCC1(CC)NC(=O)C(C)N(C2(C)CCOC2)C1=O. The quantitative estimate of drug-likeness (QED) is 0.833. The Morgan fingerprint density at radius 1 is 1.37 bits per heavy atom. The van der Waals surface area contributed by atoms with Gasteiger partial charge in [-0.25, -0.2) is 0 Å². The van der Waals surface area contributed by atoms with Crippen LogP contribution in [0.2, 0.25) is 0 Å². The first kappa shape index (κ1) is 14.3. The fourth-order valence-corrected chi connectivity index (χ4v) is 3.21. The van der Waals surface area contributed by atoms with Gasteiger partial charge in [0.05, 0.1) is 12.1 Å². The van der Waals surface area contributed by atoms with Crippen LogP contribution in [0.4, 0.5) is 0 Å². The zero-order chi connectivity index (χ0) is 14.3. The van der Waals surface area contributed by atoms with E-state index in [1.54, 1.807) is 11.8 Å². The molecule has 2 aliphatic heterocycles. The lowest BCUT2D eigenvalue weighted by molar-refractivity contribution is -0.162. The molecule has 2 atom stereocenters. The van der Waals surface area contributed by atoms with Crippen LogP contribution < -0.4 is 5.32 Å². The Hall–Kier alpha value is -1.10. The molecule has 108 valence electrons. The van der Waals surface area contributed by atoms with Crippen LogP contribution >= 0.6 is 0 Å². The highest BCUT2D eigenvalue weighted by Gasteiger charge is 2.53. The van der Waals surface area contributed by atoms with Crippen molar-refractivity contribution in [2.75, 3.05) is 13.2 Å². The second kappa shape index (κ2) is 4.78. The molecule has 2 amide bonds. The molecule has 0 bridgehead atoms. The van der Waals surface area contributed by atoms with E-state index in [2.05, 4.69) is 5.32 Å². The molecule has 5 heteroatoms. The average Bonchev–Trinajstić information content (AvgIpc) is 2.82. The van der Waals surface area contributed by atoms with Crippen LogP contribution in [0, 0.1) is 0 Å². The first-order chi connectivity index (χ1) is 8.90. The number of rotatable bonds is 3. The van der Waals surface area contributed by atoms with Crippen molar-refractivity contribution in [3.63, 3.8) is 0 Å². The second-order valence-electron chi connectivity index (χ2n) is 5.93. The highest BCUT2D eigenvalue weighted by Crippen LogP contribution is 2.34. The van der Waals surface area contributed by atoms with Gasteiger partial charge >= 0.3 is 0 Å². The number of piperazine rings is 1. The summed E-state index contributed by atoms with van der Waals surface area (Å²) in [6.07, 6.45) is 2.03. The van der Waals surface area contributed by atoms with Crippen molar-refractivity contribution in [3.8, 4) is 0 Å². The minimum absolute atomic E-state index is 0.0394. The number of ether oxygens (including phenoxy) is 1. The van der Waals surface area contributed by atoms with E-state index in [0.29, 0.717) is 26.1 Å². The third kappa shape index (κ3) is 2.04. The summed E-state index contributed by atoms with van der Waals surface area (Å²) in [6, 6.07) is -0.426. The Morgan fingerprint density at radius 2 is 2.00 bits per heavy atom. The van der Waals surface area contributed by atoms with Crippen LogP contribution in [0.25, 0.3) is 0 Å². The van der Waals surface area contributed by atoms with Gasteiger partial charge < -0.3 is 15.0 Å². The zero-order valence-electron chi connectivity index (χ0n) is 12.3. The van der Waals surface area contributed by atoms with Crippen LogP contribution in [0.15, 0.2) is 0 Å². The highest BCUT2D eigenvalue weighted by atomic mass is 16.5. The predicted molar refractivity (Wildman–Crippen MR) is 71.6 cm³/mol. The molecule has 0 aromatic rings. The number of amides is 2. The number of hydrogen-bond donors (Lipinski definition) is 1. The van der Waals surface area contributed by atoms with Crippen LogP contribution in [0.1, 0.15) is 47.0 Å². The molecule has 1 N–H and O–H groups in total. The Bertz CT molecular complexity index is 384. The summed E-state index contributed by atoms with van der Waals surface area (Å²) < 4.78 is 5.46. The van der Waals surface area contributed by atoms with Gasteiger partial charge in [0.25, 0.3) is 0 Å². The van der Waals surface area contributed by atoms with Crippen LogP contribution in [0.3, 0.4) is 0 Å². The number of nitrogens with zero attached hydrogens (tertiary/aromatic N) is 1. The molecule has 2 heterocycles. The Labute approximate surface area is 114 Å². The molecule has 2 saturated heterocycles. The fourth-order valence-electron chi connectivity index (χ4n) is 3.21. The van der Waals surface area contributed by atoms with Crippen molar-refractivity contribution in [3.05, 3.63) is 0 Å². The third-order valence-electron chi connectivity index (χ3n) is 4.74. The van der Waals surface area contributed by atoms with Gasteiger partial charge in [0, 0.05) is 6.61 Å². The Morgan fingerprint density at radius 3 is 2.47 bits per heavy atom. The van der Waals surface area contributed by atoms with Gasteiger partial charge in [0.2, 0.25) is 11.8 Å². The van der Waals surface area contributed by atoms with Gasteiger partial charge in [0.15, 0.2) is 0 Å². The molecule has 2 aliphatic rings. The Kier molecular flexibility index (Phi) is 3.60. The first-order valence-corrected chi connectivity index (χ1v) is 7.14. The summed E-state index contributed by atoms with van der Waals surface area (Å²) in [5.41, 5.74) is -1.10. The number of hydrogen-bond acceptors (Lipinski definition) is 3. The van der Waals surface area contributed by atoms with Gasteiger partial charge in [-0.1, -0.05) is 13.8 Å². The van der Waals surface area contributed by atoms with Crippen molar-refractivity contribution in [1.82, 2.24) is 10.2 Å². The summed E-state index contributed by atoms with van der Waals surface area (Å²) in [6.45, 7) is 8.88. The standard InChI is InChI=1S/C14H24N2O3/c1-5-14(6-2)12(18)16(10(3)11(17)15-14)13(4)7-8-19-9-13/h10H,5-9H2,1-4H3,(H,15,17). The van der Waals surface area contributed by atoms with E-state index in [9.17, 15) is 9.59 Å². The van der Waals surface area contributed by atoms with E-state index < -0.39 is 11.6 Å². The zero-order valence-corrected chi connectivity index (χ0v) is 12.3. The van der Waals surface area contributed by atoms with E-state index in [0.717, 1.165) is 6.42 Å². The monoisotopic (exact) mass is 268 g/mol. The Balaban J connectivity index is 2.39. The summed E-state index contributed by atoms with van der Waals surface area (Å²) in [5, 5.41) is 2.93. The van der Waals surface area contributed by atoms with E-state index in [1.165, 1.54) is 0 Å². The van der Waals surface area contributed by atoms with Crippen molar-refractivity contribution in [1.29, 1.82) is 0 Å². The second-order valence-corrected chi connectivity index (χ2v) is 5.93. The van der Waals surface area contributed by atoms with Crippen molar-refractivity contribution in [2.45, 2.75) is 64.1 Å². The molecule has 2 rings (SSSR count). The molecule has 0 spiro atoms. The number of carbonyl (C=O) groups excluding carboxylic acids is 2. The van der Waals surface area contributed by atoms with Crippen molar-refractivity contribution < 1.29 is 14.3 Å².